The number of para-hydroxylation sites is 1. The molecule has 0 bridgehead atoms. The Morgan fingerprint density at radius 3 is 2.60 bits per heavy atom. The number of aromatic nitrogens is 2. The number of hydrogen-bond donors (Lipinski definition) is 1. The smallest absolute Gasteiger partial charge is 0.210 e. The Morgan fingerprint density at radius 2 is 1.84 bits per heavy atom. The molecular weight excluding hydrogens is 371 g/mol. The van der Waals surface area contributed by atoms with Crippen LogP contribution in [0.5, 0.6) is 0 Å². The number of benzene rings is 2. The second-order valence-corrected chi connectivity index (χ2v) is 7.02. The molecule has 0 spiro atoms. The Balaban J connectivity index is 1.61. The van der Waals surface area contributed by atoms with Crippen molar-refractivity contribution in [2.75, 3.05) is 11.1 Å². The molecular formula is C16H10F3N3OS2. The van der Waals surface area contributed by atoms with E-state index in [0.717, 1.165) is 35.2 Å². The Bertz CT molecular complexity index is 917. The molecule has 0 aliphatic carbocycles. The van der Waals surface area contributed by atoms with Crippen molar-refractivity contribution in [3.8, 4) is 0 Å². The van der Waals surface area contributed by atoms with Crippen LogP contribution in [0.3, 0.4) is 0 Å². The molecule has 0 aliphatic heterocycles. The van der Waals surface area contributed by atoms with Gasteiger partial charge in [0, 0.05) is 5.56 Å². The van der Waals surface area contributed by atoms with Crippen LogP contribution in [-0.4, -0.2) is 21.7 Å². The minimum absolute atomic E-state index is 0.000591. The first kappa shape index (κ1) is 17.4. The number of rotatable bonds is 6. The maximum Gasteiger partial charge on any atom is 0.210 e. The zero-order chi connectivity index (χ0) is 17.8. The molecule has 0 atom stereocenters. The van der Waals surface area contributed by atoms with E-state index in [0.29, 0.717) is 9.47 Å². The van der Waals surface area contributed by atoms with Crippen LogP contribution < -0.4 is 5.32 Å². The van der Waals surface area contributed by atoms with Crippen molar-refractivity contribution in [3.05, 3.63) is 65.5 Å². The lowest BCUT2D eigenvalue weighted by molar-refractivity contribution is 0.102. The Hall–Kier alpha value is -2.39. The number of nitrogens with one attached hydrogen (secondary N) is 1. The molecule has 0 fully saturated rings. The summed E-state index contributed by atoms with van der Waals surface area (Å²) in [7, 11) is 0. The molecule has 128 valence electrons. The summed E-state index contributed by atoms with van der Waals surface area (Å²) >= 11 is 2.27. The van der Waals surface area contributed by atoms with Gasteiger partial charge in [0.05, 0.1) is 11.4 Å². The van der Waals surface area contributed by atoms with E-state index in [1.165, 1.54) is 12.1 Å². The summed E-state index contributed by atoms with van der Waals surface area (Å²) in [5, 5.41) is 11.0. The highest BCUT2D eigenvalue weighted by atomic mass is 32.2. The van der Waals surface area contributed by atoms with Gasteiger partial charge in [-0.1, -0.05) is 35.2 Å². The van der Waals surface area contributed by atoms with E-state index in [2.05, 4.69) is 15.5 Å². The molecule has 0 saturated carbocycles. The minimum Gasteiger partial charge on any atom is -0.328 e. The van der Waals surface area contributed by atoms with E-state index in [9.17, 15) is 18.0 Å². The standard InChI is InChI=1S/C16H10F3N3OS2/c17-10-6-5-9(7-12(10)19)14(23)8-24-16-22-21-15(25-16)20-13-4-2-1-3-11(13)18/h1-7H,8H2,(H,20,21). The van der Waals surface area contributed by atoms with Crippen molar-refractivity contribution in [1.82, 2.24) is 10.2 Å². The van der Waals surface area contributed by atoms with Gasteiger partial charge in [-0.2, -0.15) is 0 Å². The summed E-state index contributed by atoms with van der Waals surface area (Å²) in [6.07, 6.45) is 0. The number of Topliss-reactive ketones (excluding diaryl/α,β-unsaturated/α-hetero) is 1. The van der Waals surface area contributed by atoms with Crippen LogP contribution in [0.15, 0.2) is 46.8 Å². The molecule has 25 heavy (non-hydrogen) atoms. The lowest BCUT2D eigenvalue weighted by atomic mass is 10.1. The van der Waals surface area contributed by atoms with Gasteiger partial charge >= 0.3 is 0 Å². The van der Waals surface area contributed by atoms with Crippen molar-refractivity contribution in [2.24, 2.45) is 0 Å². The minimum atomic E-state index is -1.07. The van der Waals surface area contributed by atoms with Gasteiger partial charge in [0.1, 0.15) is 5.82 Å². The lowest BCUT2D eigenvalue weighted by Crippen LogP contribution is -2.03. The van der Waals surface area contributed by atoms with Gasteiger partial charge in [-0.25, -0.2) is 13.2 Å². The number of anilines is 2. The van der Waals surface area contributed by atoms with Gasteiger partial charge in [0.25, 0.3) is 0 Å². The molecule has 3 aromatic rings. The van der Waals surface area contributed by atoms with Crippen molar-refractivity contribution in [3.63, 3.8) is 0 Å². The summed E-state index contributed by atoms with van der Waals surface area (Å²) in [6, 6.07) is 9.15. The van der Waals surface area contributed by atoms with Crippen LogP contribution in [-0.2, 0) is 0 Å². The zero-order valence-corrected chi connectivity index (χ0v) is 14.1. The molecule has 2 aromatic carbocycles. The number of nitrogens with zero attached hydrogens (tertiary/aromatic N) is 2. The van der Waals surface area contributed by atoms with Crippen molar-refractivity contribution < 1.29 is 18.0 Å². The molecule has 0 aliphatic rings. The third-order valence-corrected chi connectivity index (χ3v) is 5.06. The second kappa shape index (κ2) is 7.66. The molecule has 3 rings (SSSR count). The summed E-state index contributed by atoms with van der Waals surface area (Å²) in [5.74, 6) is -2.84. The Kier molecular flexibility index (Phi) is 5.34. The average Bonchev–Trinajstić information content (AvgIpc) is 3.05. The van der Waals surface area contributed by atoms with E-state index >= 15 is 0 Å². The van der Waals surface area contributed by atoms with E-state index in [-0.39, 0.29) is 22.8 Å². The largest absolute Gasteiger partial charge is 0.328 e. The normalized spacial score (nSPS) is 10.7. The highest BCUT2D eigenvalue weighted by Gasteiger charge is 2.13. The van der Waals surface area contributed by atoms with Crippen molar-refractivity contribution in [2.45, 2.75) is 4.34 Å². The zero-order valence-electron chi connectivity index (χ0n) is 12.5. The fraction of sp³-hybridized carbons (Fsp3) is 0.0625. The molecule has 0 unspecified atom stereocenters. The number of thioether (sulfide) groups is 1. The van der Waals surface area contributed by atoms with Crippen LogP contribution in [0, 0.1) is 17.5 Å². The van der Waals surface area contributed by atoms with Gasteiger partial charge in [-0.3, -0.25) is 4.79 Å². The van der Waals surface area contributed by atoms with Crippen molar-refractivity contribution in [1.29, 1.82) is 0 Å². The van der Waals surface area contributed by atoms with Gasteiger partial charge in [0.15, 0.2) is 21.8 Å². The maximum absolute atomic E-state index is 13.6. The topological polar surface area (TPSA) is 54.9 Å². The van der Waals surface area contributed by atoms with E-state index in [1.807, 2.05) is 0 Å². The third kappa shape index (κ3) is 4.37. The highest BCUT2D eigenvalue weighted by molar-refractivity contribution is 8.01. The number of carbonyl (C=O) groups is 1. The van der Waals surface area contributed by atoms with Crippen LogP contribution in [0.1, 0.15) is 10.4 Å². The fourth-order valence-corrected chi connectivity index (χ4v) is 3.54. The first-order valence-corrected chi connectivity index (χ1v) is 8.79. The Morgan fingerprint density at radius 1 is 1.04 bits per heavy atom. The number of carbonyl (C=O) groups excluding carboxylic acids is 1. The van der Waals surface area contributed by atoms with Gasteiger partial charge in [-0.05, 0) is 30.3 Å². The summed E-state index contributed by atoms with van der Waals surface area (Å²) in [4.78, 5) is 12.0. The van der Waals surface area contributed by atoms with E-state index in [4.69, 9.17) is 0 Å². The number of halogens is 3. The van der Waals surface area contributed by atoms with Gasteiger partial charge < -0.3 is 5.32 Å². The molecule has 1 N–H and O–H groups in total. The van der Waals surface area contributed by atoms with Crippen LogP contribution >= 0.6 is 23.1 Å². The number of hydrogen-bond acceptors (Lipinski definition) is 6. The molecule has 0 radical (unpaired) electrons. The lowest BCUT2D eigenvalue weighted by Gasteiger charge is -2.02. The third-order valence-electron chi connectivity index (χ3n) is 3.09. The average molecular weight is 381 g/mol. The summed E-state index contributed by atoms with van der Waals surface area (Å²) < 4.78 is 40.1. The Labute approximate surface area is 149 Å². The van der Waals surface area contributed by atoms with E-state index < -0.39 is 17.5 Å². The molecule has 4 nitrogen and oxygen atoms in total. The first-order valence-electron chi connectivity index (χ1n) is 6.99. The maximum atomic E-state index is 13.6. The highest BCUT2D eigenvalue weighted by Crippen LogP contribution is 2.29. The monoisotopic (exact) mass is 381 g/mol. The summed E-state index contributed by atoms with van der Waals surface area (Å²) in [6.45, 7) is 0. The van der Waals surface area contributed by atoms with Gasteiger partial charge in [0.2, 0.25) is 5.13 Å². The SMILES string of the molecule is O=C(CSc1nnc(Nc2ccccc2F)s1)c1ccc(F)c(F)c1. The first-order chi connectivity index (χ1) is 12.0. The van der Waals surface area contributed by atoms with Crippen LogP contribution in [0.25, 0.3) is 0 Å². The molecule has 9 heteroatoms. The fourth-order valence-electron chi connectivity index (χ4n) is 1.88. The predicted octanol–water partition coefficient (Wildman–Crippen LogP) is 4.67. The second-order valence-electron chi connectivity index (χ2n) is 4.82. The van der Waals surface area contributed by atoms with Gasteiger partial charge in [-0.15, -0.1) is 10.2 Å². The van der Waals surface area contributed by atoms with Crippen LogP contribution in [0.4, 0.5) is 24.0 Å². The van der Waals surface area contributed by atoms with Crippen LogP contribution in [0.2, 0.25) is 0 Å². The number of ketones is 1. The molecule has 1 heterocycles. The molecule has 1 aromatic heterocycles. The molecule has 0 amide bonds. The summed E-state index contributed by atoms with van der Waals surface area (Å²) in [5.41, 5.74) is 0.355. The predicted molar refractivity (Wildman–Crippen MR) is 91.0 cm³/mol. The van der Waals surface area contributed by atoms with E-state index in [1.54, 1.807) is 18.2 Å². The quantitative estimate of drug-likeness (QED) is 0.497. The molecule has 0 saturated heterocycles. The van der Waals surface area contributed by atoms with Crippen molar-refractivity contribution >= 4 is 39.7 Å².